The number of nitrogens with two attached hydrogens (primary N) is 1. The van der Waals surface area contributed by atoms with Gasteiger partial charge in [0.15, 0.2) is 0 Å². The van der Waals surface area contributed by atoms with Crippen molar-refractivity contribution in [3.63, 3.8) is 0 Å². The van der Waals surface area contributed by atoms with Gasteiger partial charge < -0.3 is 11.1 Å². The highest BCUT2D eigenvalue weighted by atomic mass is 32.1. The molecule has 0 saturated carbocycles. The van der Waals surface area contributed by atoms with Crippen molar-refractivity contribution in [2.24, 2.45) is 5.73 Å². The van der Waals surface area contributed by atoms with Crippen molar-refractivity contribution >= 4 is 17.2 Å². The molecule has 0 saturated heterocycles. The maximum absolute atomic E-state index is 11.9. The van der Waals surface area contributed by atoms with Gasteiger partial charge in [-0.05, 0) is 44.3 Å². The molecule has 1 aromatic heterocycles. The molecule has 0 aromatic carbocycles. The fourth-order valence-corrected chi connectivity index (χ4v) is 3.22. The molecule has 108 valence electrons. The lowest BCUT2D eigenvalue weighted by molar-refractivity contribution is -0.123. The van der Waals surface area contributed by atoms with Crippen LogP contribution >= 0.6 is 11.3 Å². The number of carbonyl (C=O) groups is 1. The molecule has 1 rings (SSSR count). The molecule has 4 nitrogen and oxygen atoms in total. The summed E-state index contributed by atoms with van der Waals surface area (Å²) >= 11 is 1.71. The Balaban J connectivity index is 2.77. The standard InChI is InChI=1S/C14H25N3OS/c1-5-17(9-13(18)16-10(2)3)12(8-15)14-11(4)6-7-19-14/h6-7,10,12H,5,8-9,15H2,1-4H3,(H,16,18). The summed E-state index contributed by atoms with van der Waals surface area (Å²) in [5.74, 6) is 0.0597. The third-order valence-corrected chi connectivity index (χ3v) is 4.19. The van der Waals surface area contributed by atoms with Crippen LogP contribution in [0.1, 0.15) is 37.3 Å². The molecule has 0 aliphatic carbocycles. The highest BCUT2D eigenvalue weighted by Crippen LogP contribution is 2.27. The summed E-state index contributed by atoms with van der Waals surface area (Å²) in [4.78, 5) is 15.3. The molecule has 1 aromatic rings. The maximum Gasteiger partial charge on any atom is 0.234 e. The molecule has 1 atom stereocenters. The van der Waals surface area contributed by atoms with E-state index in [1.54, 1.807) is 11.3 Å². The average Bonchev–Trinajstić information content (AvgIpc) is 2.74. The van der Waals surface area contributed by atoms with E-state index in [2.05, 4.69) is 35.5 Å². The van der Waals surface area contributed by atoms with Gasteiger partial charge in [0, 0.05) is 17.5 Å². The summed E-state index contributed by atoms with van der Waals surface area (Å²) < 4.78 is 0. The molecule has 0 aliphatic rings. The van der Waals surface area contributed by atoms with Gasteiger partial charge in [0.1, 0.15) is 0 Å². The van der Waals surface area contributed by atoms with E-state index in [-0.39, 0.29) is 18.0 Å². The molecule has 3 N–H and O–H groups in total. The smallest absolute Gasteiger partial charge is 0.234 e. The SMILES string of the molecule is CCN(CC(=O)NC(C)C)C(CN)c1sccc1C. The van der Waals surface area contributed by atoms with Gasteiger partial charge >= 0.3 is 0 Å². The molecule has 0 fully saturated rings. The monoisotopic (exact) mass is 283 g/mol. The summed E-state index contributed by atoms with van der Waals surface area (Å²) in [5, 5.41) is 5.01. The van der Waals surface area contributed by atoms with Crippen LogP contribution in [0.5, 0.6) is 0 Å². The van der Waals surface area contributed by atoms with Crippen molar-refractivity contribution in [1.29, 1.82) is 0 Å². The number of hydrogen-bond acceptors (Lipinski definition) is 4. The third kappa shape index (κ3) is 4.60. The maximum atomic E-state index is 11.9. The molecule has 1 heterocycles. The van der Waals surface area contributed by atoms with Gasteiger partial charge in [0.05, 0.1) is 12.6 Å². The summed E-state index contributed by atoms with van der Waals surface area (Å²) in [6.45, 7) is 9.84. The lowest BCUT2D eigenvalue weighted by atomic mass is 10.1. The van der Waals surface area contributed by atoms with E-state index in [1.807, 2.05) is 13.8 Å². The van der Waals surface area contributed by atoms with Crippen LogP contribution in [-0.4, -0.2) is 36.5 Å². The number of nitrogens with one attached hydrogen (secondary N) is 1. The second kappa shape index (κ2) is 7.62. The van der Waals surface area contributed by atoms with Crippen LogP contribution in [-0.2, 0) is 4.79 Å². The molecule has 19 heavy (non-hydrogen) atoms. The topological polar surface area (TPSA) is 58.4 Å². The molecule has 1 unspecified atom stereocenters. The number of hydrogen-bond donors (Lipinski definition) is 2. The van der Waals surface area contributed by atoms with Gasteiger partial charge in [0.2, 0.25) is 5.91 Å². The lowest BCUT2D eigenvalue weighted by Crippen LogP contribution is -2.43. The fourth-order valence-electron chi connectivity index (χ4n) is 2.14. The van der Waals surface area contributed by atoms with Crippen molar-refractivity contribution in [3.8, 4) is 0 Å². The van der Waals surface area contributed by atoms with Crippen molar-refractivity contribution < 1.29 is 4.79 Å². The van der Waals surface area contributed by atoms with Gasteiger partial charge in [-0.3, -0.25) is 9.69 Å². The van der Waals surface area contributed by atoms with Gasteiger partial charge in [-0.15, -0.1) is 11.3 Å². The first-order chi connectivity index (χ1) is 8.99. The Morgan fingerprint density at radius 1 is 1.53 bits per heavy atom. The minimum Gasteiger partial charge on any atom is -0.353 e. The Labute approximate surface area is 120 Å². The van der Waals surface area contributed by atoms with Crippen LogP contribution in [0.3, 0.4) is 0 Å². The summed E-state index contributed by atoms with van der Waals surface area (Å²) in [7, 11) is 0. The molecule has 0 bridgehead atoms. The molecule has 0 aliphatic heterocycles. The Morgan fingerprint density at radius 3 is 2.63 bits per heavy atom. The normalized spacial score (nSPS) is 13.0. The number of likely N-dealkylation sites (N-methyl/N-ethyl adjacent to an activating group) is 1. The Hall–Kier alpha value is -0.910. The number of thiophene rings is 1. The highest BCUT2D eigenvalue weighted by molar-refractivity contribution is 7.10. The van der Waals surface area contributed by atoms with Gasteiger partial charge in [0.25, 0.3) is 0 Å². The van der Waals surface area contributed by atoms with Crippen LogP contribution in [0.15, 0.2) is 11.4 Å². The number of amides is 1. The third-order valence-electron chi connectivity index (χ3n) is 3.07. The minimum atomic E-state index is 0.0597. The first-order valence-electron chi connectivity index (χ1n) is 6.77. The second-order valence-electron chi connectivity index (χ2n) is 5.00. The highest BCUT2D eigenvalue weighted by Gasteiger charge is 2.22. The van der Waals surface area contributed by atoms with Crippen molar-refractivity contribution in [2.45, 2.75) is 39.8 Å². The van der Waals surface area contributed by atoms with Gasteiger partial charge in [-0.25, -0.2) is 0 Å². The van der Waals surface area contributed by atoms with E-state index >= 15 is 0 Å². The Morgan fingerprint density at radius 2 is 2.21 bits per heavy atom. The second-order valence-corrected chi connectivity index (χ2v) is 5.95. The number of nitrogens with zero attached hydrogens (tertiary/aromatic N) is 1. The van der Waals surface area contributed by atoms with Crippen molar-refractivity contribution in [1.82, 2.24) is 10.2 Å². The van der Waals surface area contributed by atoms with Crippen LogP contribution in [0, 0.1) is 6.92 Å². The Bertz CT molecular complexity index is 403. The largest absolute Gasteiger partial charge is 0.353 e. The van der Waals surface area contributed by atoms with Crippen molar-refractivity contribution in [3.05, 3.63) is 21.9 Å². The van der Waals surface area contributed by atoms with Crippen LogP contribution in [0.4, 0.5) is 0 Å². The molecular formula is C14H25N3OS. The molecule has 0 radical (unpaired) electrons. The van der Waals surface area contributed by atoms with Crippen molar-refractivity contribution in [2.75, 3.05) is 19.6 Å². The van der Waals surface area contributed by atoms with Crippen LogP contribution < -0.4 is 11.1 Å². The first kappa shape index (κ1) is 16.1. The zero-order valence-corrected chi connectivity index (χ0v) is 13.1. The number of carbonyl (C=O) groups excluding carboxylic acids is 1. The van der Waals surface area contributed by atoms with E-state index in [1.165, 1.54) is 10.4 Å². The molecule has 5 heteroatoms. The summed E-state index contributed by atoms with van der Waals surface area (Å²) in [6.07, 6.45) is 0. The van der Waals surface area contributed by atoms with E-state index in [4.69, 9.17) is 5.73 Å². The minimum absolute atomic E-state index is 0.0597. The van der Waals surface area contributed by atoms with E-state index in [9.17, 15) is 4.79 Å². The van der Waals surface area contributed by atoms with E-state index in [0.29, 0.717) is 13.1 Å². The average molecular weight is 283 g/mol. The lowest BCUT2D eigenvalue weighted by Gasteiger charge is -2.29. The number of aryl methyl sites for hydroxylation is 1. The zero-order valence-electron chi connectivity index (χ0n) is 12.3. The predicted molar refractivity (Wildman–Crippen MR) is 81.4 cm³/mol. The Kier molecular flexibility index (Phi) is 6.48. The quantitative estimate of drug-likeness (QED) is 0.803. The predicted octanol–water partition coefficient (Wildman–Crippen LogP) is 1.90. The number of rotatable bonds is 7. The summed E-state index contributed by atoms with van der Waals surface area (Å²) in [6, 6.07) is 2.40. The van der Waals surface area contributed by atoms with Gasteiger partial charge in [-0.1, -0.05) is 6.92 Å². The zero-order chi connectivity index (χ0) is 14.4. The fraction of sp³-hybridized carbons (Fsp3) is 0.643. The van der Waals surface area contributed by atoms with Crippen LogP contribution in [0.25, 0.3) is 0 Å². The van der Waals surface area contributed by atoms with E-state index in [0.717, 1.165) is 6.54 Å². The molecular weight excluding hydrogens is 258 g/mol. The van der Waals surface area contributed by atoms with E-state index < -0.39 is 0 Å². The van der Waals surface area contributed by atoms with Crippen LogP contribution in [0.2, 0.25) is 0 Å². The molecule has 0 spiro atoms. The first-order valence-corrected chi connectivity index (χ1v) is 7.65. The molecule has 1 amide bonds. The summed E-state index contributed by atoms with van der Waals surface area (Å²) in [5.41, 5.74) is 7.17. The van der Waals surface area contributed by atoms with Gasteiger partial charge in [-0.2, -0.15) is 0 Å².